The summed E-state index contributed by atoms with van der Waals surface area (Å²) in [5.41, 5.74) is 1.79. The molecule has 1 unspecified atom stereocenters. The van der Waals surface area contributed by atoms with Gasteiger partial charge < -0.3 is 19.6 Å². The first kappa shape index (κ1) is 22.4. The summed E-state index contributed by atoms with van der Waals surface area (Å²) in [5, 5.41) is 10.3. The molecule has 2 aliphatic carbocycles. The van der Waals surface area contributed by atoms with Gasteiger partial charge in [0, 0.05) is 50.2 Å². The van der Waals surface area contributed by atoms with Gasteiger partial charge in [-0.3, -0.25) is 4.79 Å². The maximum absolute atomic E-state index is 13.3. The lowest BCUT2D eigenvalue weighted by molar-refractivity contribution is -0.0794. The Morgan fingerprint density at radius 1 is 1.18 bits per heavy atom. The predicted molar refractivity (Wildman–Crippen MR) is 129 cm³/mol. The highest BCUT2D eigenvalue weighted by molar-refractivity contribution is 5.94. The minimum absolute atomic E-state index is 0.0612. The third-order valence-corrected chi connectivity index (χ3v) is 8.42. The fourth-order valence-corrected chi connectivity index (χ4v) is 6.38. The molecule has 1 aliphatic heterocycles. The lowest BCUT2D eigenvalue weighted by Gasteiger charge is -2.56. The molecule has 2 aromatic carbocycles. The standard InChI is InChI=1S/C28H36N2O3/c1-29(27(32)21-7-4-3-5-8-21)23-16-26(33-2)25-19-30(18-20-11-12-20)14-13-28(25,17-23)22-9-6-10-24(31)15-22/h3-10,15,20,23,25-26,31H,11-14,16-19H2,1-2H3/t23-,25+,26?,28+/m1/s1. The molecule has 0 spiro atoms. The van der Waals surface area contributed by atoms with Gasteiger partial charge in [-0.2, -0.15) is 0 Å². The number of ether oxygens (including phenoxy) is 1. The molecule has 5 nitrogen and oxygen atoms in total. The van der Waals surface area contributed by atoms with Crippen LogP contribution in [0.1, 0.15) is 48.0 Å². The van der Waals surface area contributed by atoms with Crippen molar-refractivity contribution in [1.29, 1.82) is 0 Å². The van der Waals surface area contributed by atoms with E-state index in [0.29, 0.717) is 11.7 Å². The van der Waals surface area contributed by atoms with Crippen LogP contribution in [0.3, 0.4) is 0 Å². The monoisotopic (exact) mass is 448 g/mol. The number of carbonyl (C=O) groups is 1. The van der Waals surface area contributed by atoms with Crippen LogP contribution in [0.5, 0.6) is 5.75 Å². The van der Waals surface area contributed by atoms with Crippen molar-refractivity contribution in [2.24, 2.45) is 11.8 Å². The van der Waals surface area contributed by atoms with E-state index in [1.54, 1.807) is 6.07 Å². The van der Waals surface area contributed by atoms with E-state index >= 15 is 0 Å². The molecule has 0 aromatic heterocycles. The molecule has 5 rings (SSSR count). The first-order valence-electron chi connectivity index (χ1n) is 12.4. The van der Waals surface area contributed by atoms with Gasteiger partial charge in [0.25, 0.3) is 5.91 Å². The van der Waals surface area contributed by atoms with E-state index < -0.39 is 0 Å². The number of rotatable bonds is 6. The average molecular weight is 449 g/mol. The summed E-state index contributed by atoms with van der Waals surface area (Å²) in [5.74, 6) is 1.58. The normalized spacial score (nSPS) is 29.9. The van der Waals surface area contributed by atoms with Crippen LogP contribution in [-0.4, -0.2) is 66.8 Å². The molecule has 3 fully saturated rings. The molecule has 1 heterocycles. The smallest absolute Gasteiger partial charge is 0.253 e. The number of hydrogen-bond donors (Lipinski definition) is 1. The van der Waals surface area contributed by atoms with Crippen LogP contribution in [0.2, 0.25) is 0 Å². The van der Waals surface area contributed by atoms with Crippen LogP contribution in [0.15, 0.2) is 54.6 Å². The molecule has 1 N–H and O–H groups in total. The van der Waals surface area contributed by atoms with Gasteiger partial charge in [0.2, 0.25) is 0 Å². The van der Waals surface area contributed by atoms with Crippen molar-refractivity contribution in [3.8, 4) is 5.75 Å². The largest absolute Gasteiger partial charge is 0.508 e. The maximum atomic E-state index is 13.3. The number of likely N-dealkylation sites (tertiary alicyclic amines) is 1. The zero-order valence-electron chi connectivity index (χ0n) is 19.8. The Morgan fingerprint density at radius 3 is 2.67 bits per heavy atom. The van der Waals surface area contributed by atoms with Gasteiger partial charge >= 0.3 is 0 Å². The van der Waals surface area contributed by atoms with Crippen molar-refractivity contribution >= 4 is 5.91 Å². The molecule has 4 atom stereocenters. The number of benzene rings is 2. The summed E-state index contributed by atoms with van der Waals surface area (Å²) in [6.07, 6.45) is 5.56. The van der Waals surface area contributed by atoms with Gasteiger partial charge in [0.05, 0.1) is 6.10 Å². The van der Waals surface area contributed by atoms with Crippen LogP contribution in [0.4, 0.5) is 0 Å². The summed E-state index contributed by atoms with van der Waals surface area (Å²) < 4.78 is 6.15. The molecular formula is C28H36N2O3. The van der Waals surface area contributed by atoms with Gasteiger partial charge in [-0.05, 0) is 74.4 Å². The summed E-state index contributed by atoms with van der Waals surface area (Å²) in [6.45, 7) is 3.27. The van der Waals surface area contributed by atoms with E-state index in [9.17, 15) is 9.90 Å². The third-order valence-electron chi connectivity index (χ3n) is 8.42. The van der Waals surface area contributed by atoms with Crippen molar-refractivity contribution in [3.63, 3.8) is 0 Å². The highest BCUT2D eigenvalue weighted by Crippen LogP contribution is 2.51. The molecule has 2 aromatic rings. The van der Waals surface area contributed by atoms with Crippen molar-refractivity contribution in [1.82, 2.24) is 9.80 Å². The molecule has 176 valence electrons. The van der Waals surface area contributed by atoms with Gasteiger partial charge in [-0.1, -0.05) is 30.3 Å². The molecule has 1 saturated heterocycles. The molecule has 5 heteroatoms. The second-order valence-electron chi connectivity index (χ2n) is 10.4. The van der Waals surface area contributed by atoms with Crippen molar-refractivity contribution < 1.29 is 14.6 Å². The number of fused-ring (bicyclic) bond motifs is 1. The van der Waals surface area contributed by atoms with Gasteiger partial charge in [-0.15, -0.1) is 0 Å². The fraction of sp³-hybridized carbons (Fsp3) is 0.536. The van der Waals surface area contributed by atoms with Gasteiger partial charge in [0.1, 0.15) is 5.75 Å². The van der Waals surface area contributed by atoms with Crippen LogP contribution in [-0.2, 0) is 10.2 Å². The lowest BCUT2D eigenvalue weighted by atomic mass is 9.56. The third kappa shape index (κ3) is 4.41. The zero-order valence-corrected chi connectivity index (χ0v) is 19.8. The molecule has 0 bridgehead atoms. The second-order valence-corrected chi connectivity index (χ2v) is 10.4. The summed E-state index contributed by atoms with van der Waals surface area (Å²) in [4.78, 5) is 17.9. The van der Waals surface area contributed by atoms with E-state index in [1.165, 1.54) is 24.9 Å². The van der Waals surface area contributed by atoms with E-state index in [0.717, 1.165) is 43.8 Å². The zero-order chi connectivity index (χ0) is 23.0. The SMILES string of the molecule is COC1C[C@@H](N(C)C(=O)c2ccccc2)C[C@]2(c3cccc(O)c3)CCN(CC3CC3)C[C@@H]12. The van der Waals surface area contributed by atoms with E-state index in [1.807, 2.05) is 61.5 Å². The van der Waals surface area contributed by atoms with Crippen molar-refractivity contribution in [2.75, 3.05) is 33.8 Å². The van der Waals surface area contributed by atoms with Crippen LogP contribution in [0.25, 0.3) is 0 Å². The Bertz CT molecular complexity index is 976. The van der Waals surface area contributed by atoms with E-state index in [4.69, 9.17) is 4.74 Å². The summed E-state index contributed by atoms with van der Waals surface area (Å²) in [6, 6.07) is 17.4. The van der Waals surface area contributed by atoms with E-state index in [2.05, 4.69) is 11.0 Å². The minimum Gasteiger partial charge on any atom is -0.508 e. The molecule has 0 radical (unpaired) electrons. The Kier molecular flexibility index (Phi) is 6.19. The molecular weight excluding hydrogens is 412 g/mol. The second kappa shape index (κ2) is 9.11. The summed E-state index contributed by atoms with van der Waals surface area (Å²) >= 11 is 0. The Labute approximate surface area is 197 Å². The van der Waals surface area contributed by atoms with Crippen LogP contribution >= 0.6 is 0 Å². The van der Waals surface area contributed by atoms with Gasteiger partial charge in [-0.25, -0.2) is 0 Å². The number of aromatic hydroxyl groups is 1. The van der Waals surface area contributed by atoms with Crippen LogP contribution in [0, 0.1) is 11.8 Å². The number of phenolic OH excluding ortho intramolecular Hbond substituents is 1. The number of hydrogen-bond acceptors (Lipinski definition) is 4. The maximum Gasteiger partial charge on any atom is 0.253 e. The highest BCUT2D eigenvalue weighted by atomic mass is 16.5. The number of nitrogens with zero attached hydrogens (tertiary/aromatic N) is 2. The first-order chi connectivity index (χ1) is 16.0. The number of carbonyl (C=O) groups excluding carboxylic acids is 1. The molecule has 1 amide bonds. The number of phenols is 1. The Morgan fingerprint density at radius 2 is 1.97 bits per heavy atom. The van der Waals surface area contributed by atoms with Crippen LogP contribution < -0.4 is 0 Å². The van der Waals surface area contributed by atoms with Crippen molar-refractivity contribution in [2.45, 2.75) is 49.7 Å². The molecule has 3 aliphatic rings. The topological polar surface area (TPSA) is 53.0 Å². The quantitative estimate of drug-likeness (QED) is 0.716. The van der Waals surface area contributed by atoms with E-state index in [-0.39, 0.29) is 23.5 Å². The number of amides is 1. The Balaban J connectivity index is 1.47. The highest BCUT2D eigenvalue weighted by Gasteiger charge is 2.53. The average Bonchev–Trinajstić information content (AvgIpc) is 3.67. The molecule has 33 heavy (non-hydrogen) atoms. The van der Waals surface area contributed by atoms with Crippen molar-refractivity contribution in [3.05, 3.63) is 65.7 Å². The first-order valence-corrected chi connectivity index (χ1v) is 12.4. The molecule has 2 saturated carbocycles. The summed E-state index contributed by atoms with van der Waals surface area (Å²) in [7, 11) is 3.75. The number of piperidine rings is 1. The van der Waals surface area contributed by atoms with Gasteiger partial charge in [0.15, 0.2) is 0 Å². The fourth-order valence-electron chi connectivity index (χ4n) is 6.38. The lowest BCUT2D eigenvalue weighted by Crippen LogP contribution is -2.61. The predicted octanol–water partition coefficient (Wildman–Crippen LogP) is 4.31. The Hall–Kier alpha value is -2.37. The number of methoxy groups -OCH3 is 1. The minimum atomic E-state index is -0.117.